The van der Waals surface area contributed by atoms with Crippen molar-refractivity contribution in [2.24, 2.45) is 5.92 Å². The molecular formula is C14H24IN2O3-. The monoisotopic (exact) mass is 395 g/mol. The first-order chi connectivity index (χ1) is 9.71. The van der Waals surface area contributed by atoms with Gasteiger partial charge in [-0.05, 0) is 0 Å². The van der Waals surface area contributed by atoms with Gasteiger partial charge in [-0.15, -0.1) is 0 Å². The van der Waals surface area contributed by atoms with E-state index >= 15 is 0 Å². The normalized spacial score (nSPS) is 35.2. The molecule has 2 unspecified atom stereocenters. The Morgan fingerprint density at radius 2 is 2.00 bits per heavy atom. The fraction of sp³-hybridized carbons (Fsp3) is 0.929. The first-order valence-electron chi connectivity index (χ1n) is 7.56. The summed E-state index contributed by atoms with van der Waals surface area (Å²) in [5.41, 5.74) is -0.0948. The molecule has 0 aromatic carbocycles. The zero-order valence-corrected chi connectivity index (χ0v) is 14.3. The van der Waals surface area contributed by atoms with E-state index in [1.54, 1.807) is 0 Å². The van der Waals surface area contributed by atoms with Crippen molar-refractivity contribution >= 4 is 5.97 Å². The van der Waals surface area contributed by atoms with Crippen molar-refractivity contribution in [2.75, 3.05) is 11.5 Å². The van der Waals surface area contributed by atoms with Gasteiger partial charge in [0.2, 0.25) is 0 Å². The van der Waals surface area contributed by atoms with Crippen LogP contribution < -0.4 is 31.8 Å². The molecule has 6 heteroatoms. The van der Waals surface area contributed by atoms with Gasteiger partial charge < -0.3 is 0 Å². The number of ether oxygens (including phenoxy) is 2. The van der Waals surface area contributed by atoms with E-state index in [4.69, 9.17) is 9.47 Å². The van der Waals surface area contributed by atoms with Crippen molar-refractivity contribution in [1.82, 2.24) is 10.6 Å². The summed E-state index contributed by atoms with van der Waals surface area (Å²) in [6.07, 6.45) is 6.02. The molecule has 1 saturated carbocycles. The van der Waals surface area contributed by atoms with Crippen molar-refractivity contribution in [1.29, 1.82) is 0 Å². The van der Waals surface area contributed by atoms with Gasteiger partial charge in [-0.1, -0.05) is 0 Å². The fourth-order valence-corrected chi connectivity index (χ4v) is 5.50. The third-order valence-corrected chi connectivity index (χ3v) is 7.21. The Labute approximate surface area is 130 Å². The molecule has 20 heavy (non-hydrogen) atoms. The number of carbonyl (C=O) groups excluding carboxylic acids is 1. The van der Waals surface area contributed by atoms with Crippen LogP contribution in [0.4, 0.5) is 0 Å². The molecule has 0 radical (unpaired) electrons. The topological polar surface area (TPSA) is 79.4 Å². The Kier molecular flexibility index (Phi) is 4.54. The molecule has 3 rings (SSSR count). The van der Waals surface area contributed by atoms with E-state index in [9.17, 15) is 4.79 Å². The molecule has 2 heterocycles. The van der Waals surface area contributed by atoms with Gasteiger partial charge in [0, 0.05) is 0 Å². The number of nitrogens with one attached hydrogen (secondary N) is 2. The van der Waals surface area contributed by atoms with Crippen LogP contribution in [0.2, 0.25) is 0 Å². The van der Waals surface area contributed by atoms with Crippen LogP contribution in [0.1, 0.15) is 39.0 Å². The second-order valence-electron chi connectivity index (χ2n) is 5.83. The third-order valence-electron chi connectivity index (χ3n) is 4.48. The molecule has 2 saturated heterocycles. The van der Waals surface area contributed by atoms with Gasteiger partial charge in [0.1, 0.15) is 0 Å². The van der Waals surface area contributed by atoms with Gasteiger partial charge in [-0.3, -0.25) is 0 Å². The van der Waals surface area contributed by atoms with E-state index in [1.165, 1.54) is 19.3 Å². The predicted molar refractivity (Wildman–Crippen MR) is 70.6 cm³/mol. The minimum atomic E-state index is -0.335. The quantitative estimate of drug-likeness (QED) is 0.168. The standard InChI is InChI=1S/C14H24IN2O3/c1-3-19-12(9-7-5-4-6-8-9)20-11(18)10(15-2)14-13(16-14)17-14/h9-10,12-13,16-17H,3-8H2,1-2H3/q-1. The minimum absolute atomic E-state index is 0.0119. The Morgan fingerprint density at radius 3 is 2.50 bits per heavy atom. The molecule has 0 spiro atoms. The summed E-state index contributed by atoms with van der Waals surface area (Å²) in [6.45, 7) is 2.57. The van der Waals surface area contributed by atoms with Crippen molar-refractivity contribution in [3.05, 3.63) is 0 Å². The van der Waals surface area contributed by atoms with E-state index in [0.29, 0.717) is 18.7 Å². The van der Waals surface area contributed by atoms with E-state index in [-0.39, 0.29) is 43.1 Å². The summed E-state index contributed by atoms with van der Waals surface area (Å²) in [5, 5.41) is 6.60. The Morgan fingerprint density at radius 1 is 1.35 bits per heavy atom. The van der Waals surface area contributed by atoms with Crippen LogP contribution in [-0.4, -0.2) is 39.5 Å². The third kappa shape index (κ3) is 2.84. The van der Waals surface area contributed by atoms with Crippen LogP contribution in [0.3, 0.4) is 0 Å². The maximum atomic E-state index is 12.5. The molecule has 0 amide bonds. The second kappa shape index (κ2) is 6.06. The van der Waals surface area contributed by atoms with E-state index in [2.05, 4.69) is 15.6 Å². The summed E-state index contributed by atoms with van der Waals surface area (Å²) in [7, 11) is 0. The van der Waals surface area contributed by atoms with Crippen molar-refractivity contribution in [3.63, 3.8) is 0 Å². The average molecular weight is 395 g/mol. The van der Waals surface area contributed by atoms with E-state index < -0.39 is 0 Å². The Hall–Kier alpha value is 0.0800. The molecule has 0 aromatic rings. The summed E-state index contributed by atoms with van der Waals surface area (Å²) in [6, 6.07) is 0. The molecule has 2 N–H and O–H groups in total. The molecule has 2 atom stereocenters. The summed E-state index contributed by atoms with van der Waals surface area (Å²) >= 11 is -0.200. The zero-order chi connectivity index (χ0) is 14.2. The number of carbonyl (C=O) groups is 1. The number of fused-ring (bicyclic) bond motifs is 1. The molecule has 3 aliphatic rings. The van der Waals surface area contributed by atoms with Gasteiger partial charge in [0.25, 0.3) is 0 Å². The first-order valence-corrected chi connectivity index (χ1v) is 11.0. The molecule has 0 bridgehead atoms. The second-order valence-corrected chi connectivity index (χ2v) is 8.32. The van der Waals surface area contributed by atoms with E-state index in [1.807, 2.05) is 6.92 Å². The Balaban J connectivity index is 1.58. The van der Waals surface area contributed by atoms with Crippen LogP contribution in [0, 0.1) is 5.92 Å². The molecule has 3 fully saturated rings. The van der Waals surface area contributed by atoms with Crippen LogP contribution in [-0.2, 0) is 14.3 Å². The number of hydrogen-bond donors (Lipinski definition) is 2. The van der Waals surface area contributed by atoms with Crippen molar-refractivity contribution < 1.29 is 35.5 Å². The summed E-state index contributed by atoms with van der Waals surface area (Å²) in [4.78, 5) is 14.6. The fourth-order valence-electron chi connectivity index (χ4n) is 3.15. The number of rotatable bonds is 7. The van der Waals surface area contributed by atoms with Gasteiger partial charge in [-0.2, -0.15) is 0 Å². The Bertz CT molecular complexity index is 367. The van der Waals surface area contributed by atoms with Crippen LogP contribution in [0.15, 0.2) is 0 Å². The van der Waals surface area contributed by atoms with Gasteiger partial charge in [0.15, 0.2) is 0 Å². The predicted octanol–water partition coefficient (Wildman–Crippen LogP) is -2.21. The summed E-state index contributed by atoms with van der Waals surface area (Å²) in [5.74, 6) is 0.320. The number of alkyl halides is 2. The molecule has 1 aliphatic carbocycles. The van der Waals surface area contributed by atoms with Crippen LogP contribution in [0.25, 0.3) is 0 Å². The molecule has 5 nitrogen and oxygen atoms in total. The molecular weight excluding hydrogens is 371 g/mol. The average Bonchev–Trinajstić information content (AvgIpc) is 3.30. The zero-order valence-electron chi connectivity index (χ0n) is 12.2. The van der Waals surface area contributed by atoms with Gasteiger partial charge >= 0.3 is 131 Å². The van der Waals surface area contributed by atoms with Gasteiger partial charge in [0.05, 0.1) is 0 Å². The summed E-state index contributed by atoms with van der Waals surface area (Å²) < 4.78 is 11.5. The number of esters is 1. The first kappa shape index (κ1) is 15.0. The van der Waals surface area contributed by atoms with Crippen LogP contribution >= 0.6 is 0 Å². The van der Waals surface area contributed by atoms with E-state index in [0.717, 1.165) is 12.8 Å². The van der Waals surface area contributed by atoms with Crippen molar-refractivity contribution in [3.8, 4) is 0 Å². The maximum absolute atomic E-state index is 12.5. The SMILES string of the molecule is CCOC(OC(=O)C([I-]C)C12NC1N2)C1CCCCC1. The van der Waals surface area contributed by atoms with Crippen LogP contribution in [0.5, 0.6) is 0 Å². The molecule has 2 aliphatic heterocycles. The molecule has 116 valence electrons. The van der Waals surface area contributed by atoms with Crippen molar-refractivity contribution in [2.45, 2.75) is 61.1 Å². The molecule has 0 aromatic heterocycles. The van der Waals surface area contributed by atoms with Gasteiger partial charge in [-0.25, -0.2) is 0 Å². The number of hydrogen-bond acceptors (Lipinski definition) is 5. The number of halogens is 1.